The molecule has 0 aromatic heterocycles. The Hall–Kier alpha value is -3.88. The molecule has 0 heterocycles. The molecular weight excluding hydrogens is 508 g/mol. The summed E-state index contributed by atoms with van der Waals surface area (Å²) < 4.78 is 5.38. The summed E-state index contributed by atoms with van der Waals surface area (Å²) >= 11 is 0. The minimum atomic E-state index is -1.12. The van der Waals surface area contributed by atoms with Crippen LogP contribution < -0.4 is 16.4 Å². The Morgan fingerprint density at radius 3 is 2.17 bits per heavy atom. The molecule has 218 valence electrons. The van der Waals surface area contributed by atoms with Crippen molar-refractivity contribution in [3.8, 4) is 0 Å². The lowest BCUT2D eigenvalue weighted by molar-refractivity contribution is -0.143. The minimum Gasteiger partial charge on any atom is -0.444 e. The van der Waals surface area contributed by atoms with Gasteiger partial charge in [0.05, 0.1) is 0 Å². The third-order valence-corrected chi connectivity index (χ3v) is 6.13. The molecule has 2 aromatic carbocycles. The van der Waals surface area contributed by atoms with Crippen molar-refractivity contribution in [1.29, 1.82) is 0 Å². The third-order valence-electron chi connectivity index (χ3n) is 6.13. The van der Waals surface area contributed by atoms with E-state index in [2.05, 4.69) is 10.6 Å². The Morgan fingerprint density at radius 1 is 1.00 bits per heavy atom. The lowest BCUT2D eigenvalue weighted by Crippen LogP contribution is -2.53. The summed E-state index contributed by atoms with van der Waals surface area (Å²) in [4.78, 5) is 53.8. The Kier molecular flexibility index (Phi) is 12.2. The lowest BCUT2D eigenvalue weighted by atomic mass is 9.97. The molecule has 2 aromatic rings. The molecule has 2 atom stereocenters. The van der Waals surface area contributed by atoms with Crippen LogP contribution in [0.2, 0.25) is 0 Å². The fourth-order valence-electron chi connectivity index (χ4n) is 4.41. The molecule has 0 saturated carbocycles. The fourth-order valence-corrected chi connectivity index (χ4v) is 4.41. The predicted octanol–water partition coefficient (Wildman–Crippen LogP) is 4.45. The number of nitrogens with two attached hydrogens (primary N) is 1. The van der Waals surface area contributed by atoms with Gasteiger partial charge in [-0.05, 0) is 58.6 Å². The molecule has 4 amide bonds. The number of primary amides is 1. The van der Waals surface area contributed by atoms with E-state index in [1.807, 2.05) is 69.3 Å². The summed E-state index contributed by atoms with van der Waals surface area (Å²) in [6.07, 6.45) is 0.472. The molecule has 0 radical (unpaired) electrons. The molecule has 0 aliphatic heterocycles. The topological polar surface area (TPSA) is 131 Å². The summed E-state index contributed by atoms with van der Waals surface area (Å²) in [7, 11) is 0. The van der Waals surface area contributed by atoms with Crippen molar-refractivity contribution in [3.63, 3.8) is 0 Å². The number of alkyl carbamates (subject to hydrolysis) is 1. The van der Waals surface area contributed by atoms with Crippen molar-refractivity contribution in [1.82, 2.24) is 15.5 Å². The average molecular weight is 553 g/mol. The first-order valence-corrected chi connectivity index (χ1v) is 13.8. The zero-order chi connectivity index (χ0) is 29.9. The zero-order valence-electron chi connectivity index (χ0n) is 24.6. The largest absolute Gasteiger partial charge is 0.444 e. The first kappa shape index (κ1) is 32.3. The summed E-state index contributed by atoms with van der Waals surface area (Å²) in [5.41, 5.74) is 8.09. The van der Waals surface area contributed by atoms with E-state index in [4.69, 9.17) is 10.5 Å². The molecule has 2 rings (SSSR count). The van der Waals surface area contributed by atoms with E-state index in [1.54, 1.807) is 20.8 Å². The SMILES string of the molecule is CCCCN(C(=O)C(CCC(N)=O)NC(=O)OC(C)(C)C)C(C(=O)NCc1ccccc1)c1cc(C)cc(C)c1. The van der Waals surface area contributed by atoms with Crippen molar-refractivity contribution in [2.45, 2.75) is 91.5 Å². The van der Waals surface area contributed by atoms with E-state index in [0.717, 1.165) is 23.1 Å². The number of nitrogens with one attached hydrogen (secondary N) is 2. The smallest absolute Gasteiger partial charge is 0.408 e. The monoisotopic (exact) mass is 552 g/mol. The van der Waals surface area contributed by atoms with Crippen LogP contribution in [0.25, 0.3) is 0 Å². The predicted molar refractivity (Wildman–Crippen MR) is 155 cm³/mol. The number of benzene rings is 2. The summed E-state index contributed by atoms with van der Waals surface area (Å²) in [5, 5.41) is 5.61. The molecular formula is C31H44N4O5. The summed E-state index contributed by atoms with van der Waals surface area (Å²) in [6, 6.07) is 13.2. The van der Waals surface area contributed by atoms with Crippen LogP contribution in [-0.2, 0) is 25.7 Å². The summed E-state index contributed by atoms with van der Waals surface area (Å²) in [6.45, 7) is 11.6. The van der Waals surface area contributed by atoms with Crippen LogP contribution in [0.4, 0.5) is 4.79 Å². The van der Waals surface area contributed by atoms with Gasteiger partial charge in [0, 0.05) is 19.5 Å². The van der Waals surface area contributed by atoms with Crippen molar-refractivity contribution >= 4 is 23.8 Å². The fraction of sp³-hybridized carbons (Fsp3) is 0.484. The van der Waals surface area contributed by atoms with E-state index in [9.17, 15) is 19.2 Å². The van der Waals surface area contributed by atoms with Crippen molar-refractivity contribution in [2.24, 2.45) is 5.73 Å². The number of nitrogens with zero attached hydrogens (tertiary/aromatic N) is 1. The Balaban J connectivity index is 2.51. The molecule has 4 N–H and O–H groups in total. The zero-order valence-corrected chi connectivity index (χ0v) is 24.6. The second-order valence-corrected chi connectivity index (χ2v) is 11.1. The van der Waals surface area contributed by atoms with Crippen LogP contribution in [-0.4, -0.2) is 46.9 Å². The number of hydrogen-bond donors (Lipinski definition) is 3. The van der Waals surface area contributed by atoms with Crippen molar-refractivity contribution < 1.29 is 23.9 Å². The highest BCUT2D eigenvalue weighted by atomic mass is 16.6. The second kappa shape index (κ2) is 15.1. The first-order valence-electron chi connectivity index (χ1n) is 13.8. The van der Waals surface area contributed by atoms with Gasteiger partial charge in [-0.15, -0.1) is 0 Å². The highest BCUT2D eigenvalue weighted by Crippen LogP contribution is 2.26. The highest BCUT2D eigenvalue weighted by molar-refractivity contribution is 5.92. The van der Waals surface area contributed by atoms with Gasteiger partial charge in [0.2, 0.25) is 17.7 Å². The summed E-state index contributed by atoms with van der Waals surface area (Å²) in [5.74, 6) is -1.43. The van der Waals surface area contributed by atoms with Gasteiger partial charge in [-0.1, -0.05) is 73.0 Å². The lowest BCUT2D eigenvalue weighted by Gasteiger charge is -2.35. The van der Waals surface area contributed by atoms with Gasteiger partial charge in [0.15, 0.2) is 0 Å². The minimum absolute atomic E-state index is 0.0266. The number of ether oxygens (including phenoxy) is 1. The molecule has 9 nitrogen and oxygen atoms in total. The number of aryl methyl sites for hydroxylation is 2. The van der Waals surface area contributed by atoms with Gasteiger partial charge in [0.25, 0.3) is 0 Å². The molecule has 0 aliphatic carbocycles. The van der Waals surface area contributed by atoms with Crippen LogP contribution in [0, 0.1) is 13.8 Å². The van der Waals surface area contributed by atoms with E-state index < -0.39 is 35.6 Å². The first-order chi connectivity index (χ1) is 18.8. The average Bonchev–Trinajstić information content (AvgIpc) is 2.86. The standard InChI is InChI=1S/C31H44N4O5/c1-7-8-16-35(29(38)25(14-15-26(32)36)34-30(39)40-31(4,5)6)27(24-18-21(2)17-22(3)19-24)28(37)33-20-23-12-10-9-11-13-23/h9-13,17-19,25,27H,7-8,14-16,20H2,1-6H3,(H2,32,36)(H,33,37)(H,34,39). The maximum Gasteiger partial charge on any atom is 0.408 e. The molecule has 40 heavy (non-hydrogen) atoms. The quantitative estimate of drug-likeness (QED) is 0.338. The maximum absolute atomic E-state index is 14.1. The van der Waals surface area contributed by atoms with Crippen molar-refractivity contribution in [2.75, 3.05) is 6.54 Å². The highest BCUT2D eigenvalue weighted by Gasteiger charge is 2.36. The van der Waals surface area contributed by atoms with E-state index in [1.165, 1.54) is 4.90 Å². The number of amides is 4. The Bertz CT molecular complexity index is 1140. The van der Waals surface area contributed by atoms with Gasteiger partial charge in [0.1, 0.15) is 17.7 Å². The van der Waals surface area contributed by atoms with Crippen LogP contribution in [0.3, 0.4) is 0 Å². The van der Waals surface area contributed by atoms with Gasteiger partial charge in [-0.25, -0.2) is 4.79 Å². The maximum atomic E-state index is 14.1. The number of unbranched alkanes of at least 4 members (excludes halogenated alkanes) is 1. The van der Waals surface area contributed by atoms with Crippen LogP contribution in [0.15, 0.2) is 48.5 Å². The molecule has 0 aliphatic rings. The van der Waals surface area contributed by atoms with E-state index in [-0.39, 0.29) is 31.8 Å². The molecule has 0 bridgehead atoms. The van der Waals surface area contributed by atoms with E-state index in [0.29, 0.717) is 12.0 Å². The number of carbonyl (C=O) groups excluding carboxylic acids is 4. The van der Waals surface area contributed by atoms with Gasteiger partial charge < -0.3 is 26.0 Å². The number of carbonyl (C=O) groups is 4. The van der Waals surface area contributed by atoms with Crippen LogP contribution in [0.1, 0.15) is 81.7 Å². The third kappa shape index (κ3) is 10.7. The Morgan fingerprint density at radius 2 is 1.62 bits per heavy atom. The number of rotatable bonds is 13. The molecule has 0 fully saturated rings. The van der Waals surface area contributed by atoms with Gasteiger partial charge >= 0.3 is 6.09 Å². The van der Waals surface area contributed by atoms with E-state index >= 15 is 0 Å². The second-order valence-electron chi connectivity index (χ2n) is 11.1. The van der Waals surface area contributed by atoms with Gasteiger partial charge in [-0.2, -0.15) is 0 Å². The molecule has 2 unspecified atom stereocenters. The normalized spacial score (nSPS) is 12.7. The molecule has 9 heteroatoms. The van der Waals surface area contributed by atoms with Crippen LogP contribution >= 0.6 is 0 Å². The van der Waals surface area contributed by atoms with Crippen molar-refractivity contribution in [3.05, 3.63) is 70.8 Å². The van der Waals surface area contributed by atoms with Crippen LogP contribution in [0.5, 0.6) is 0 Å². The number of hydrogen-bond acceptors (Lipinski definition) is 5. The molecule has 0 saturated heterocycles. The molecule has 0 spiro atoms. The Labute approximate surface area is 237 Å². The van der Waals surface area contributed by atoms with Gasteiger partial charge in [-0.3, -0.25) is 14.4 Å².